The van der Waals surface area contributed by atoms with E-state index < -0.39 is 0 Å². The third-order valence-corrected chi connectivity index (χ3v) is 5.52. The number of piperazine rings is 1. The van der Waals surface area contributed by atoms with Gasteiger partial charge in [0.25, 0.3) is 5.56 Å². The summed E-state index contributed by atoms with van der Waals surface area (Å²) in [7, 11) is 3.91. The number of hydrogen-bond donors (Lipinski definition) is 0. The molecule has 0 spiro atoms. The summed E-state index contributed by atoms with van der Waals surface area (Å²) in [6, 6.07) is 9.22. The van der Waals surface area contributed by atoms with Gasteiger partial charge in [0.1, 0.15) is 17.5 Å². The van der Waals surface area contributed by atoms with Gasteiger partial charge in [-0.3, -0.25) is 14.2 Å². The monoisotopic (exact) mass is 421 g/mol. The third-order valence-electron chi connectivity index (χ3n) is 5.52. The molecule has 9 nitrogen and oxygen atoms in total. The van der Waals surface area contributed by atoms with E-state index >= 15 is 0 Å². The van der Waals surface area contributed by atoms with Crippen molar-refractivity contribution in [1.29, 1.82) is 0 Å². The fourth-order valence-corrected chi connectivity index (χ4v) is 3.75. The topological polar surface area (TPSA) is 87.5 Å². The van der Waals surface area contributed by atoms with Gasteiger partial charge in [-0.1, -0.05) is 12.1 Å². The predicted octanol–water partition coefficient (Wildman–Crippen LogP) is 1.30. The minimum atomic E-state index is -0.112. The lowest BCUT2D eigenvalue weighted by atomic mass is 10.2. The largest absolute Gasteiger partial charge is 0.363 e. The first-order valence-electron chi connectivity index (χ1n) is 10.4. The average molecular weight is 422 g/mol. The molecule has 0 saturated carbocycles. The summed E-state index contributed by atoms with van der Waals surface area (Å²) in [5.41, 5.74) is 0.558. The molecular weight excluding hydrogens is 394 g/mol. The summed E-state index contributed by atoms with van der Waals surface area (Å²) >= 11 is 0. The van der Waals surface area contributed by atoms with Crippen LogP contribution in [0.2, 0.25) is 0 Å². The van der Waals surface area contributed by atoms with Gasteiger partial charge in [-0.25, -0.2) is 15.0 Å². The van der Waals surface area contributed by atoms with Crippen LogP contribution in [0.15, 0.2) is 41.5 Å². The van der Waals surface area contributed by atoms with Crippen LogP contribution in [0.4, 0.5) is 11.6 Å². The van der Waals surface area contributed by atoms with Gasteiger partial charge in [-0.05, 0) is 19.1 Å². The van der Waals surface area contributed by atoms with E-state index in [1.54, 1.807) is 6.07 Å². The molecule has 0 bridgehead atoms. The number of fused-ring (bicyclic) bond motifs is 1. The molecular formula is C22H27N7O2. The summed E-state index contributed by atoms with van der Waals surface area (Å²) in [5, 5.41) is 0.573. The average Bonchev–Trinajstić information content (AvgIpc) is 2.78. The van der Waals surface area contributed by atoms with Crippen LogP contribution in [0.1, 0.15) is 12.2 Å². The van der Waals surface area contributed by atoms with Gasteiger partial charge >= 0.3 is 0 Å². The highest BCUT2D eigenvalue weighted by atomic mass is 16.2. The van der Waals surface area contributed by atoms with Crippen LogP contribution in [0.3, 0.4) is 0 Å². The number of carbonyl (C=O) groups excluding carboxylic acids is 1. The second-order valence-corrected chi connectivity index (χ2v) is 7.90. The van der Waals surface area contributed by atoms with Crippen LogP contribution >= 0.6 is 0 Å². The molecule has 162 valence electrons. The molecule has 1 aliphatic heterocycles. The van der Waals surface area contributed by atoms with Crippen molar-refractivity contribution in [3.05, 3.63) is 52.8 Å². The van der Waals surface area contributed by atoms with Gasteiger partial charge < -0.3 is 14.7 Å². The zero-order valence-electron chi connectivity index (χ0n) is 18.2. The Balaban J connectivity index is 1.36. The number of anilines is 2. The zero-order valence-corrected chi connectivity index (χ0v) is 18.2. The molecule has 1 amide bonds. The van der Waals surface area contributed by atoms with Crippen molar-refractivity contribution < 1.29 is 4.79 Å². The lowest BCUT2D eigenvalue weighted by Gasteiger charge is -2.35. The Bertz CT molecular complexity index is 1150. The van der Waals surface area contributed by atoms with Crippen molar-refractivity contribution in [2.45, 2.75) is 19.9 Å². The molecule has 9 heteroatoms. The van der Waals surface area contributed by atoms with Crippen LogP contribution in [0.25, 0.3) is 10.9 Å². The summed E-state index contributed by atoms with van der Waals surface area (Å²) < 4.78 is 1.52. The van der Waals surface area contributed by atoms with E-state index in [4.69, 9.17) is 0 Å². The Morgan fingerprint density at radius 3 is 2.58 bits per heavy atom. The lowest BCUT2D eigenvalue weighted by molar-refractivity contribution is -0.131. The Morgan fingerprint density at radius 1 is 1.10 bits per heavy atom. The van der Waals surface area contributed by atoms with Crippen LogP contribution < -0.4 is 15.4 Å². The Hall–Kier alpha value is -3.49. The van der Waals surface area contributed by atoms with Gasteiger partial charge in [-0.15, -0.1) is 0 Å². The molecule has 0 unspecified atom stereocenters. The molecule has 0 atom stereocenters. The first-order valence-corrected chi connectivity index (χ1v) is 10.4. The number of nitrogens with zero attached hydrogens (tertiary/aromatic N) is 7. The first kappa shape index (κ1) is 20.8. The van der Waals surface area contributed by atoms with E-state index in [9.17, 15) is 9.59 Å². The molecule has 0 radical (unpaired) electrons. The quantitative estimate of drug-likeness (QED) is 0.614. The highest BCUT2D eigenvalue weighted by Gasteiger charge is 2.22. The molecule has 3 heterocycles. The van der Waals surface area contributed by atoms with E-state index in [2.05, 4.69) is 19.9 Å². The number of rotatable bonds is 5. The molecule has 2 aromatic heterocycles. The molecule has 1 aromatic carbocycles. The van der Waals surface area contributed by atoms with E-state index in [1.807, 2.05) is 55.1 Å². The standard InChI is InChI=1S/C22H27N7O2/c1-16-24-19(26(2)3)14-20(25-16)27-10-12-28(13-11-27)21(30)8-9-29-15-23-18-7-5-4-6-17(18)22(29)31/h4-7,14-15H,8-13H2,1-3H3. The minimum Gasteiger partial charge on any atom is -0.363 e. The number of aromatic nitrogens is 4. The molecule has 1 aliphatic rings. The fraction of sp³-hybridized carbons (Fsp3) is 0.409. The lowest BCUT2D eigenvalue weighted by Crippen LogP contribution is -2.49. The molecule has 3 aromatic rings. The molecule has 4 rings (SSSR count). The highest BCUT2D eigenvalue weighted by molar-refractivity contribution is 5.78. The molecule has 0 N–H and O–H groups in total. The number of amides is 1. The second-order valence-electron chi connectivity index (χ2n) is 7.90. The number of carbonyl (C=O) groups is 1. The van der Waals surface area contributed by atoms with Crippen molar-refractivity contribution in [1.82, 2.24) is 24.4 Å². The SMILES string of the molecule is Cc1nc(N(C)C)cc(N2CCN(C(=O)CCn3cnc4ccccc4c3=O)CC2)n1. The van der Waals surface area contributed by atoms with Crippen LogP contribution in [0, 0.1) is 6.92 Å². The van der Waals surface area contributed by atoms with Crippen molar-refractivity contribution in [3.8, 4) is 0 Å². The van der Waals surface area contributed by atoms with E-state index in [-0.39, 0.29) is 17.9 Å². The van der Waals surface area contributed by atoms with Crippen molar-refractivity contribution in [2.75, 3.05) is 50.1 Å². The molecule has 0 aliphatic carbocycles. The summed E-state index contributed by atoms with van der Waals surface area (Å²) in [6.45, 7) is 4.90. The van der Waals surface area contributed by atoms with Crippen LogP contribution in [-0.2, 0) is 11.3 Å². The number of hydrogen-bond acceptors (Lipinski definition) is 7. The molecule has 1 fully saturated rings. The maximum Gasteiger partial charge on any atom is 0.261 e. The smallest absolute Gasteiger partial charge is 0.261 e. The van der Waals surface area contributed by atoms with Crippen molar-refractivity contribution in [3.63, 3.8) is 0 Å². The maximum atomic E-state index is 12.7. The number of aryl methyl sites for hydroxylation is 2. The Labute approximate surface area is 181 Å². The first-order chi connectivity index (χ1) is 14.9. The van der Waals surface area contributed by atoms with Gasteiger partial charge in [0, 0.05) is 59.3 Å². The summed E-state index contributed by atoms with van der Waals surface area (Å²) in [5.74, 6) is 2.54. The Morgan fingerprint density at radius 2 is 1.84 bits per heavy atom. The fourth-order valence-electron chi connectivity index (χ4n) is 3.75. The number of para-hydroxylation sites is 1. The van der Waals surface area contributed by atoms with Crippen LogP contribution in [0.5, 0.6) is 0 Å². The highest BCUT2D eigenvalue weighted by Crippen LogP contribution is 2.19. The minimum absolute atomic E-state index is 0.0487. The summed E-state index contributed by atoms with van der Waals surface area (Å²) in [6.07, 6.45) is 1.80. The van der Waals surface area contributed by atoms with Crippen LogP contribution in [-0.4, -0.2) is 70.6 Å². The predicted molar refractivity (Wildman–Crippen MR) is 121 cm³/mol. The third kappa shape index (κ3) is 4.50. The van der Waals surface area contributed by atoms with E-state index in [0.29, 0.717) is 43.6 Å². The number of benzene rings is 1. The normalized spacial score (nSPS) is 14.2. The summed E-state index contributed by atoms with van der Waals surface area (Å²) in [4.78, 5) is 44.6. The van der Waals surface area contributed by atoms with E-state index in [0.717, 1.165) is 17.5 Å². The van der Waals surface area contributed by atoms with Gasteiger partial charge in [0.05, 0.1) is 17.2 Å². The van der Waals surface area contributed by atoms with E-state index in [1.165, 1.54) is 10.9 Å². The van der Waals surface area contributed by atoms with Gasteiger partial charge in [0.15, 0.2) is 0 Å². The second kappa shape index (κ2) is 8.71. The van der Waals surface area contributed by atoms with Gasteiger partial charge in [0.2, 0.25) is 5.91 Å². The van der Waals surface area contributed by atoms with Crippen molar-refractivity contribution >= 4 is 28.4 Å². The Kier molecular flexibility index (Phi) is 5.83. The molecule has 1 saturated heterocycles. The molecule has 31 heavy (non-hydrogen) atoms. The van der Waals surface area contributed by atoms with Gasteiger partial charge in [-0.2, -0.15) is 0 Å². The van der Waals surface area contributed by atoms with Crippen molar-refractivity contribution in [2.24, 2.45) is 0 Å². The maximum absolute atomic E-state index is 12.7. The zero-order chi connectivity index (χ0) is 22.0.